The van der Waals surface area contributed by atoms with E-state index in [0.717, 1.165) is 44.4 Å². The number of hydrogen-bond acceptors (Lipinski definition) is 4. The molecule has 1 aromatic rings. The van der Waals surface area contributed by atoms with E-state index < -0.39 is 0 Å². The molecule has 0 spiro atoms. The zero-order valence-electron chi connectivity index (χ0n) is 18.1. The third-order valence-corrected chi connectivity index (χ3v) is 6.07. The van der Waals surface area contributed by atoms with Crippen LogP contribution in [0.1, 0.15) is 64.7 Å². The average molecular weight is 518 g/mol. The van der Waals surface area contributed by atoms with Crippen molar-refractivity contribution in [1.82, 2.24) is 30.3 Å². The fraction of sp³-hybridized carbons (Fsp3) is 0.857. The summed E-state index contributed by atoms with van der Waals surface area (Å²) in [6.07, 6.45) is 15.4. The standard InChI is InChI=1S/C21H39N7.HI/c1-2-22-21(23-12-6-7-13-28-17-24-25-18-28)26-20-10-14-27(15-11-20)16-19-8-4-3-5-9-19;/h17-20H,2-16H2,1H3,(H2,22,23,26);1H. The maximum Gasteiger partial charge on any atom is 0.191 e. The molecule has 0 amide bonds. The molecule has 1 aromatic heterocycles. The van der Waals surface area contributed by atoms with Crippen LogP contribution >= 0.6 is 24.0 Å². The molecule has 7 nitrogen and oxygen atoms in total. The predicted molar refractivity (Wildman–Crippen MR) is 130 cm³/mol. The number of aliphatic imine (C=N–C) groups is 1. The average Bonchev–Trinajstić information content (AvgIpc) is 3.24. The van der Waals surface area contributed by atoms with Gasteiger partial charge in [0.2, 0.25) is 0 Å². The van der Waals surface area contributed by atoms with E-state index in [1.165, 1.54) is 64.6 Å². The zero-order valence-corrected chi connectivity index (χ0v) is 20.4. The Labute approximate surface area is 193 Å². The van der Waals surface area contributed by atoms with Crippen molar-refractivity contribution >= 4 is 29.9 Å². The lowest BCUT2D eigenvalue weighted by atomic mass is 9.88. The normalized spacial score (nSPS) is 19.7. The van der Waals surface area contributed by atoms with Crippen LogP contribution in [0.25, 0.3) is 0 Å². The third-order valence-electron chi connectivity index (χ3n) is 6.07. The predicted octanol–water partition coefficient (Wildman–Crippen LogP) is 3.28. The second-order valence-electron chi connectivity index (χ2n) is 8.39. The summed E-state index contributed by atoms with van der Waals surface area (Å²) in [5, 5.41) is 14.8. The molecular weight excluding hydrogens is 477 g/mol. The minimum atomic E-state index is 0. The van der Waals surface area contributed by atoms with E-state index in [1.807, 2.05) is 4.57 Å². The molecule has 0 atom stereocenters. The Kier molecular flexibility index (Phi) is 11.9. The fourth-order valence-corrected chi connectivity index (χ4v) is 4.44. The molecular formula is C21H40IN7. The number of piperidine rings is 1. The summed E-state index contributed by atoms with van der Waals surface area (Å²) < 4.78 is 2.02. The molecule has 1 saturated carbocycles. The summed E-state index contributed by atoms with van der Waals surface area (Å²) in [4.78, 5) is 7.48. The molecule has 1 aliphatic carbocycles. The van der Waals surface area contributed by atoms with Crippen molar-refractivity contribution in [2.24, 2.45) is 10.9 Å². The van der Waals surface area contributed by atoms with Crippen LogP contribution in [0.15, 0.2) is 17.6 Å². The minimum Gasteiger partial charge on any atom is -0.357 e. The van der Waals surface area contributed by atoms with Crippen LogP contribution in [-0.2, 0) is 6.54 Å². The van der Waals surface area contributed by atoms with Gasteiger partial charge >= 0.3 is 0 Å². The third kappa shape index (κ3) is 9.19. The molecule has 0 radical (unpaired) electrons. The maximum absolute atomic E-state index is 4.78. The Bertz CT molecular complexity index is 549. The van der Waals surface area contributed by atoms with E-state index in [4.69, 9.17) is 4.99 Å². The molecule has 0 bridgehead atoms. The maximum atomic E-state index is 4.78. The summed E-state index contributed by atoms with van der Waals surface area (Å²) in [6.45, 7) is 8.65. The van der Waals surface area contributed by atoms with Crippen LogP contribution in [0, 0.1) is 5.92 Å². The van der Waals surface area contributed by atoms with Gasteiger partial charge in [0.25, 0.3) is 0 Å². The molecule has 2 N–H and O–H groups in total. The summed E-state index contributed by atoms with van der Waals surface area (Å²) in [6, 6.07) is 0.553. The molecule has 29 heavy (non-hydrogen) atoms. The van der Waals surface area contributed by atoms with Gasteiger partial charge in [-0.2, -0.15) is 0 Å². The number of nitrogens with zero attached hydrogens (tertiary/aromatic N) is 5. The van der Waals surface area contributed by atoms with Gasteiger partial charge in [-0.15, -0.1) is 34.2 Å². The summed E-state index contributed by atoms with van der Waals surface area (Å²) in [7, 11) is 0. The highest BCUT2D eigenvalue weighted by Crippen LogP contribution is 2.25. The summed E-state index contributed by atoms with van der Waals surface area (Å²) in [5.41, 5.74) is 0. The highest BCUT2D eigenvalue weighted by atomic mass is 127. The van der Waals surface area contributed by atoms with E-state index in [2.05, 4.69) is 32.7 Å². The van der Waals surface area contributed by atoms with Gasteiger partial charge in [-0.05, 0) is 51.4 Å². The van der Waals surface area contributed by atoms with Crippen molar-refractivity contribution in [2.45, 2.75) is 77.3 Å². The lowest BCUT2D eigenvalue weighted by Crippen LogP contribution is -2.49. The van der Waals surface area contributed by atoms with E-state index in [9.17, 15) is 0 Å². The van der Waals surface area contributed by atoms with Crippen molar-refractivity contribution in [3.63, 3.8) is 0 Å². The van der Waals surface area contributed by atoms with Crippen molar-refractivity contribution in [1.29, 1.82) is 0 Å². The lowest BCUT2D eigenvalue weighted by Gasteiger charge is -2.36. The number of unbranched alkanes of at least 4 members (excludes halogenated alkanes) is 1. The van der Waals surface area contributed by atoms with E-state index in [1.54, 1.807) is 12.7 Å². The van der Waals surface area contributed by atoms with Gasteiger partial charge in [0.15, 0.2) is 5.96 Å². The summed E-state index contributed by atoms with van der Waals surface area (Å²) >= 11 is 0. The first-order valence-electron chi connectivity index (χ1n) is 11.4. The number of hydrogen-bond donors (Lipinski definition) is 2. The monoisotopic (exact) mass is 517 g/mol. The van der Waals surface area contributed by atoms with Crippen LogP contribution in [-0.4, -0.2) is 64.4 Å². The van der Waals surface area contributed by atoms with Gasteiger partial charge in [0, 0.05) is 45.3 Å². The van der Waals surface area contributed by atoms with Crippen molar-refractivity contribution in [3.8, 4) is 0 Å². The molecule has 0 aromatic carbocycles. The van der Waals surface area contributed by atoms with Crippen molar-refractivity contribution in [2.75, 3.05) is 32.7 Å². The number of aryl methyl sites for hydroxylation is 1. The Morgan fingerprint density at radius 3 is 2.45 bits per heavy atom. The van der Waals surface area contributed by atoms with Crippen LogP contribution in [0.4, 0.5) is 0 Å². The Balaban J connectivity index is 0.00000300. The fourth-order valence-electron chi connectivity index (χ4n) is 4.44. The van der Waals surface area contributed by atoms with Crippen molar-refractivity contribution in [3.05, 3.63) is 12.7 Å². The number of nitrogens with one attached hydrogen (secondary N) is 2. The molecule has 3 rings (SSSR count). The van der Waals surface area contributed by atoms with Gasteiger partial charge in [-0.25, -0.2) is 0 Å². The highest BCUT2D eigenvalue weighted by Gasteiger charge is 2.23. The quantitative estimate of drug-likeness (QED) is 0.228. The summed E-state index contributed by atoms with van der Waals surface area (Å²) in [5.74, 6) is 1.94. The molecule has 1 aliphatic heterocycles. The molecule has 2 heterocycles. The second kappa shape index (κ2) is 14.2. The minimum absolute atomic E-state index is 0. The Morgan fingerprint density at radius 1 is 1.03 bits per heavy atom. The van der Waals surface area contributed by atoms with Gasteiger partial charge in [-0.1, -0.05) is 19.3 Å². The number of halogens is 1. The highest BCUT2D eigenvalue weighted by molar-refractivity contribution is 14.0. The van der Waals surface area contributed by atoms with Gasteiger partial charge in [-0.3, -0.25) is 4.99 Å². The number of guanidine groups is 1. The van der Waals surface area contributed by atoms with Crippen LogP contribution in [0.2, 0.25) is 0 Å². The molecule has 1 saturated heterocycles. The topological polar surface area (TPSA) is 70.4 Å². The Hall–Kier alpha value is -0.900. The van der Waals surface area contributed by atoms with Crippen molar-refractivity contribution < 1.29 is 0 Å². The SMILES string of the molecule is CCNC(=NCCCCn1cnnc1)NC1CCN(CC2CCCCC2)CC1.I. The molecule has 166 valence electrons. The first-order valence-corrected chi connectivity index (χ1v) is 11.4. The van der Waals surface area contributed by atoms with Gasteiger partial charge in [0.1, 0.15) is 12.7 Å². The molecule has 0 unspecified atom stereocenters. The first kappa shape index (κ1) is 24.4. The van der Waals surface area contributed by atoms with Crippen LogP contribution in [0.5, 0.6) is 0 Å². The Morgan fingerprint density at radius 2 is 1.76 bits per heavy atom. The van der Waals surface area contributed by atoms with Crippen LogP contribution < -0.4 is 10.6 Å². The number of rotatable bonds is 9. The van der Waals surface area contributed by atoms with Gasteiger partial charge in [0.05, 0.1) is 0 Å². The molecule has 2 aliphatic rings. The lowest BCUT2D eigenvalue weighted by molar-refractivity contribution is 0.160. The molecule has 2 fully saturated rings. The molecule has 8 heteroatoms. The van der Waals surface area contributed by atoms with E-state index in [0.29, 0.717) is 6.04 Å². The smallest absolute Gasteiger partial charge is 0.191 e. The van der Waals surface area contributed by atoms with E-state index in [-0.39, 0.29) is 24.0 Å². The van der Waals surface area contributed by atoms with Gasteiger partial charge < -0.3 is 20.1 Å². The largest absolute Gasteiger partial charge is 0.357 e. The van der Waals surface area contributed by atoms with Crippen LogP contribution in [0.3, 0.4) is 0 Å². The number of likely N-dealkylation sites (tertiary alicyclic amines) is 1. The second-order valence-corrected chi connectivity index (χ2v) is 8.39. The zero-order chi connectivity index (χ0) is 19.4. The van der Waals surface area contributed by atoms with E-state index >= 15 is 0 Å². The number of aromatic nitrogens is 3. The first-order chi connectivity index (χ1) is 13.8.